The molecule has 0 spiro atoms. The number of nitrogens with zero attached hydrogens (tertiary/aromatic N) is 1. The Bertz CT molecular complexity index is 1090. The summed E-state index contributed by atoms with van der Waals surface area (Å²) in [4.78, 5) is 32.3. The summed E-state index contributed by atoms with van der Waals surface area (Å²) in [5, 5.41) is 14.8. The summed E-state index contributed by atoms with van der Waals surface area (Å²) in [6, 6.07) is 10.2. The van der Waals surface area contributed by atoms with Crippen LogP contribution in [0.5, 0.6) is 23.0 Å². The molecule has 0 radical (unpaired) electrons. The lowest BCUT2D eigenvalue weighted by Crippen LogP contribution is -2.38. The molecule has 0 fully saturated rings. The number of carbonyl (C=O) groups is 3. The number of benzene rings is 2. The first-order valence-electron chi connectivity index (χ1n) is 11.4. The Morgan fingerprint density at radius 1 is 0.838 bits per heavy atom. The van der Waals surface area contributed by atoms with Crippen LogP contribution in [-0.2, 0) is 32.0 Å². The number of aliphatic carboxylic acids is 2. The summed E-state index contributed by atoms with van der Waals surface area (Å²) in [5.41, 5.74) is 3.54. The SMILES string of the molecule is COC(=O)CCN1CCc2cc(OC)c(OC)cc2[C@H]1Cc1ccc(OC)c(OC)c1.O=C(O)C(=O)O. The summed E-state index contributed by atoms with van der Waals surface area (Å²) in [6.45, 7) is 1.47. The largest absolute Gasteiger partial charge is 0.493 e. The van der Waals surface area contributed by atoms with E-state index in [1.165, 1.54) is 18.2 Å². The zero-order chi connectivity index (χ0) is 27.5. The number of fused-ring (bicyclic) bond motifs is 1. The van der Waals surface area contributed by atoms with E-state index in [0.717, 1.165) is 30.7 Å². The van der Waals surface area contributed by atoms with Crippen molar-refractivity contribution in [2.75, 3.05) is 48.6 Å². The molecule has 0 aliphatic carbocycles. The van der Waals surface area contributed by atoms with Gasteiger partial charge in [0.2, 0.25) is 0 Å². The molecule has 11 nitrogen and oxygen atoms in total. The van der Waals surface area contributed by atoms with Crippen molar-refractivity contribution in [3.05, 3.63) is 47.0 Å². The maximum absolute atomic E-state index is 11.8. The molecule has 1 aliphatic rings. The standard InChI is InChI=1S/C24H31NO6.C2H2O4/c1-27-20-7-6-16(13-21(20)28-2)12-19-18-15-23(30-4)22(29-3)14-17(18)8-10-25(19)11-9-24(26)31-5;3-1(4)2(5)6/h6-7,13-15,19H,8-12H2,1-5H3;(H,3,4)(H,5,6)/t19-;/m1./s1. The van der Waals surface area contributed by atoms with Gasteiger partial charge in [0.05, 0.1) is 42.0 Å². The molecule has 2 aromatic rings. The Kier molecular flexibility index (Phi) is 11.0. The highest BCUT2D eigenvalue weighted by atomic mass is 16.5. The number of ether oxygens (including phenoxy) is 5. The zero-order valence-electron chi connectivity index (χ0n) is 21.6. The number of carbonyl (C=O) groups excluding carboxylic acids is 1. The normalized spacial score (nSPS) is 14.4. The Labute approximate surface area is 215 Å². The quantitative estimate of drug-likeness (QED) is 0.373. The smallest absolute Gasteiger partial charge is 0.414 e. The summed E-state index contributed by atoms with van der Waals surface area (Å²) in [5.74, 6) is -1.02. The first-order chi connectivity index (χ1) is 17.7. The maximum Gasteiger partial charge on any atom is 0.414 e. The van der Waals surface area contributed by atoms with Crippen molar-refractivity contribution in [3.8, 4) is 23.0 Å². The lowest BCUT2D eigenvalue weighted by atomic mass is 9.88. The van der Waals surface area contributed by atoms with Crippen LogP contribution in [0.25, 0.3) is 0 Å². The summed E-state index contributed by atoms with van der Waals surface area (Å²) in [6.07, 6.45) is 1.98. The van der Waals surface area contributed by atoms with Gasteiger partial charge in [-0.1, -0.05) is 6.07 Å². The molecule has 37 heavy (non-hydrogen) atoms. The Morgan fingerprint density at radius 2 is 1.41 bits per heavy atom. The average molecular weight is 520 g/mol. The molecule has 202 valence electrons. The lowest BCUT2D eigenvalue weighted by molar-refractivity contribution is -0.159. The lowest BCUT2D eigenvalue weighted by Gasteiger charge is -2.38. The summed E-state index contributed by atoms with van der Waals surface area (Å²) < 4.78 is 26.8. The van der Waals surface area contributed by atoms with Gasteiger partial charge in [0.1, 0.15) is 0 Å². The second-order valence-electron chi connectivity index (χ2n) is 8.04. The van der Waals surface area contributed by atoms with Gasteiger partial charge >= 0.3 is 17.9 Å². The average Bonchev–Trinajstić information content (AvgIpc) is 2.91. The second kappa shape index (κ2) is 13.9. The minimum Gasteiger partial charge on any atom is -0.493 e. The Balaban J connectivity index is 0.000000717. The molecule has 2 aromatic carbocycles. The van der Waals surface area contributed by atoms with Crippen LogP contribution in [0.4, 0.5) is 0 Å². The maximum atomic E-state index is 11.8. The molecule has 0 saturated carbocycles. The van der Waals surface area contributed by atoms with Crippen molar-refractivity contribution < 1.29 is 48.3 Å². The van der Waals surface area contributed by atoms with E-state index in [2.05, 4.69) is 23.1 Å². The number of esters is 1. The minimum absolute atomic E-state index is 0.0753. The van der Waals surface area contributed by atoms with Crippen LogP contribution < -0.4 is 18.9 Å². The topological polar surface area (TPSA) is 141 Å². The number of hydrogen-bond donors (Lipinski definition) is 2. The van der Waals surface area contributed by atoms with Crippen LogP contribution in [0.2, 0.25) is 0 Å². The molecule has 1 heterocycles. The number of carboxylic acid groups (broad SMARTS) is 2. The van der Waals surface area contributed by atoms with Crippen LogP contribution in [0, 0.1) is 0 Å². The van der Waals surface area contributed by atoms with Crippen molar-refractivity contribution in [1.82, 2.24) is 4.90 Å². The van der Waals surface area contributed by atoms with Gasteiger partial charge in [0.25, 0.3) is 0 Å². The Morgan fingerprint density at radius 3 is 1.95 bits per heavy atom. The molecule has 3 rings (SSSR count). The monoisotopic (exact) mass is 519 g/mol. The van der Waals surface area contributed by atoms with Gasteiger partial charge in [-0.15, -0.1) is 0 Å². The van der Waals surface area contributed by atoms with Crippen molar-refractivity contribution in [2.45, 2.75) is 25.3 Å². The highest BCUT2D eigenvalue weighted by Crippen LogP contribution is 2.40. The molecule has 1 atom stereocenters. The van der Waals surface area contributed by atoms with E-state index in [1.807, 2.05) is 12.1 Å². The highest BCUT2D eigenvalue weighted by molar-refractivity contribution is 6.27. The van der Waals surface area contributed by atoms with Crippen LogP contribution in [-0.4, -0.2) is 81.7 Å². The van der Waals surface area contributed by atoms with Crippen molar-refractivity contribution in [2.24, 2.45) is 0 Å². The molecule has 2 N–H and O–H groups in total. The fourth-order valence-corrected chi connectivity index (χ4v) is 4.15. The van der Waals surface area contributed by atoms with Crippen molar-refractivity contribution >= 4 is 17.9 Å². The third-order valence-electron chi connectivity index (χ3n) is 6.00. The van der Waals surface area contributed by atoms with Gasteiger partial charge in [-0.25, -0.2) is 9.59 Å². The zero-order valence-corrected chi connectivity index (χ0v) is 21.6. The number of rotatable bonds is 9. The number of carboxylic acids is 2. The summed E-state index contributed by atoms with van der Waals surface area (Å²) >= 11 is 0. The van der Waals surface area contributed by atoms with Crippen molar-refractivity contribution in [1.29, 1.82) is 0 Å². The van der Waals surface area contributed by atoms with Gasteiger partial charge in [0.15, 0.2) is 23.0 Å². The molecule has 11 heteroatoms. The molecular weight excluding hydrogens is 486 g/mol. The molecule has 0 bridgehead atoms. The van der Waals surface area contributed by atoms with Gasteiger partial charge in [0, 0.05) is 19.1 Å². The van der Waals surface area contributed by atoms with Crippen molar-refractivity contribution in [3.63, 3.8) is 0 Å². The molecule has 0 aromatic heterocycles. The first-order valence-corrected chi connectivity index (χ1v) is 11.4. The van der Waals surface area contributed by atoms with Crippen LogP contribution in [0.15, 0.2) is 30.3 Å². The first kappa shape index (κ1) is 29.2. The number of methoxy groups -OCH3 is 5. The minimum atomic E-state index is -1.82. The molecule has 0 saturated heterocycles. The van der Waals surface area contributed by atoms with Crippen LogP contribution in [0.1, 0.15) is 29.2 Å². The van der Waals surface area contributed by atoms with Gasteiger partial charge in [-0.2, -0.15) is 0 Å². The van der Waals surface area contributed by atoms with E-state index in [9.17, 15) is 4.79 Å². The van der Waals surface area contributed by atoms with E-state index >= 15 is 0 Å². The summed E-state index contributed by atoms with van der Waals surface area (Å²) in [7, 11) is 7.98. The van der Waals surface area contributed by atoms with E-state index in [-0.39, 0.29) is 12.0 Å². The van der Waals surface area contributed by atoms with E-state index in [0.29, 0.717) is 30.2 Å². The predicted octanol–water partition coefficient (Wildman–Crippen LogP) is 2.58. The highest BCUT2D eigenvalue weighted by Gasteiger charge is 2.30. The fourth-order valence-electron chi connectivity index (χ4n) is 4.15. The van der Waals surface area contributed by atoms with E-state index in [1.54, 1.807) is 28.4 Å². The molecular formula is C26H33NO10. The van der Waals surface area contributed by atoms with Gasteiger partial charge in [-0.05, 0) is 53.8 Å². The Hall–Kier alpha value is -3.99. The van der Waals surface area contributed by atoms with Gasteiger partial charge in [-0.3, -0.25) is 9.69 Å². The second-order valence-corrected chi connectivity index (χ2v) is 8.04. The molecule has 0 amide bonds. The number of hydrogen-bond acceptors (Lipinski definition) is 9. The fraction of sp³-hybridized carbons (Fsp3) is 0.423. The van der Waals surface area contributed by atoms with Crippen LogP contribution in [0.3, 0.4) is 0 Å². The van der Waals surface area contributed by atoms with Crippen LogP contribution >= 0.6 is 0 Å². The third-order valence-corrected chi connectivity index (χ3v) is 6.00. The predicted molar refractivity (Wildman–Crippen MR) is 133 cm³/mol. The third kappa shape index (κ3) is 7.74. The molecule has 0 unspecified atom stereocenters. The van der Waals surface area contributed by atoms with Gasteiger partial charge < -0.3 is 33.9 Å². The molecule has 1 aliphatic heterocycles. The van der Waals surface area contributed by atoms with E-state index < -0.39 is 11.9 Å². The van der Waals surface area contributed by atoms with E-state index in [4.69, 9.17) is 43.5 Å².